The fraction of sp³-hybridized carbons (Fsp3) is 0.261. The maximum absolute atomic E-state index is 14.4. The van der Waals surface area contributed by atoms with Crippen LogP contribution in [0.15, 0.2) is 267 Å². The number of imide groups is 4. The van der Waals surface area contributed by atoms with Crippen LogP contribution in [-0.4, -0.2) is 93.0 Å². The summed E-state index contributed by atoms with van der Waals surface area (Å²) in [4.78, 5) is 115. The van der Waals surface area contributed by atoms with Crippen molar-refractivity contribution in [1.29, 1.82) is 0 Å². The molecule has 0 saturated heterocycles. The van der Waals surface area contributed by atoms with Crippen molar-refractivity contribution in [3.63, 3.8) is 0 Å². The van der Waals surface area contributed by atoms with E-state index in [1.807, 2.05) is 84.9 Å². The zero-order valence-electron chi connectivity index (χ0n) is 59.5. The van der Waals surface area contributed by atoms with Crippen LogP contribution in [0.5, 0.6) is 0 Å². The lowest BCUT2D eigenvalue weighted by molar-refractivity contribution is -0.00100. The molecule has 8 amide bonds. The topological polar surface area (TPSA) is 150 Å². The number of benzene rings is 10. The second-order valence-corrected chi connectivity index (χ2v) is 38.2. The summed E-state index contributed by atoms with van der Waals surface area (Å²) < 4.78 is 0. The van der Waals surface area contributed by atoms with Gasteiger partial charge in [-0.1, -0.05) is 133 Å². The van der Waals surface area contributed by atoms with Gasteiger partial charge in [-0.25, -0.2) is 0 Å². The number of amides is 8. The standard InChI is InChI=1S/2C46H40N2O4P.2ClH/c49-43-36-18-10-11-19-37(36)44(50)48(43)28-31-24-30-25-40(31)41-23-29(22-39(30)41)27-47-45(51)38-21-20-35(26-42(38)46(47)52)53(32-12-4-1-5-13-32,33-14-6-2-7-15-33)34-16-8-3-9-17-34;49-43-36-18-10-11-19-37(36)44(50)47(43)27-29-22-39-30-24-31(40(25-30)41(39)23-29)28-48-45(51)38-21-20-35(26-42(38)46(48)52)53(32-12-4-1-5-13-32,33-14-6-2-7-15-33)34-16-8-3-9-17-34;;/h2*1-21,26,29-31,39-41H,22-25,27-28H2;2*1H/q2*+1;;/p-2. The Morgan fingerprint density at radius 2 is 0.454 bits per heavy atom. The molecule has 20 rings (SSSR count). The molecule has 10 aromatic rings. The number of halogens is 2. The van der Waals surface area contributed by atoms with Gasteiger partial charge in [0, 0.05) is 26.2 Å². The average Bonchev–Trinajstić information content (AvgIpc) is 1.27. The number of hydrogen-bond donors (Lipinski definition) is 0. The first kappa shape index (κ1) is 71.1. The molecule has 12 nitrogen and oxygen atoms in total. The predicted octanol–water partition coefficient (Wildman–Crippen LogP) is 7.00. The van der Waals surface area contributed by atoms with Crippen LogP contribution in [0.4, 0.5) is 0 Å². The van der Waals surface area contributed by atoms with Crippen molar-refractivity contribution in [2.24, 2.45) is 71.0 Å². The van der Waals surface area contributed by atoms with E-state index in [0.29, 0.717) is 124 Å². The minimum Gasteiger partial charge on any atom is -1.00 e. The van der Waals surface area contributed by atoms with Gasteiger partial charge in [0.1, 0.15) is 57.0 Å². The number of carbonyl (C=O) groups is 8. The van der Waals surface area contributed by atoms with Gasteiger partial charge in [0.2, 0.25) is 0 Å². The van der Waals surface area contributed by atoms with E-state index in [2.05, 4.69) is 158 Å². The number of hydrogen-bond acceptors (Lipinski definition) is 8. The molecule has 6 saturated carbocycles. The van der Waals surface area contributed by atoms with Crippen molar-refractivity contribution in [3.05, 3.63) is 311 Å². The zero-order chi connectivity index (χ0) is 71.7. The summed E-state index contributed by atoms with van der Waals surface area (Å²) in [6.45, 7) is 1.85. The lowest BCUT2D eigenvalue weighted by Gasteiger charge is -2.33. The van der Waals surface area contributed by atoms with E-state index in [4.69, 9.17) is 0 Å². The Bertz CT molecular complexity index is 4990. The zero-order valence-corrected chi connectivity index (χ0v) is 62.8. The van der Waals surface area contributed by atoms with E-state index in [-0.39, 0.29) is 89.8 Å². The second kappa shape index (κ2) is 28.3. The smallest absolute Gasteiger partial charge is 0.261 e. The van der Waals surface area contributed by atoms with E-state index in [9.17, 15) is 38.4 Å². The second-order valence-electron chi connectivity index (χ2n) is 31.4. The van der Waals surface area contributed by atoms with Crippen LogP contribution < -0.4 is 67.3 Å². The summed E-state index contributed by atoms with van der Waals surface area (Å²) in [5.41, 5.74) is 4.04. The highest BCUT2D eigenvalue weighted by Gasteiger charge is 2.60. The molecule has 4 heterocycles. The molecular weight excluding hydrogens is 1420 g/mol. The van der Waals surface area contributed by atoms with Crippen LogP contribution >= 0.6 is 14.5 Å². The molecular formula is C92H80Cl2N4O8P2. The van der Waals surface area contributed by atoms with Crippen molar-refractivity contribution >= 4 is 104 Å². The van der Waals surface area contributed by atoms with E-state index < -0.39 is 14.5 Å². The third-order valence-electron chi connectivity index (χ3n) is 26.4. The van der Waals surface area contributed by atoms with Gasteiger partial charge in [-0.2, -0.15) is 0 Å². The fourth-order valence-corrected chi connectivity index (χ4v) is 30.7. The Labute approximate surface area is 642 Å². The molecule has 108 heavy (non-hydrogen) atoms. The SMILES string of the molecule is O=C1c2ccc([P+](c3ccccc3)(c3ccccc3)c3ccccc3)cc2C(=O)N1CC1CC2C3CC(CN4C(=O)c5ccccc5C4=O)C(C3)C2C1.O=C1c2ccccc2C(=O)N1CC1CC2C3CC(CN4C(=O)c5ccc([P+](c6ccccc6)(c6ccccc6)c6ccccc6)cc5C4=O)C(C3)C2C1.[Cl-].[Cl-]. The normalized spacial score (nSPS) is 25.2. The van der Waals surface area contributed by atoms with Crippen molar-refractivity contribution in [2.45, 2.75) is 51.4 Å². The largest absolute Gasteiger partial charge is 1.00 e. The van der Waals surface area contributed by atoms with Crippen LogP contribution in [0, 0.1) is 71.0 Å². The molecule has 540 valence electrons. The van der Waals surface area contributed by atoms with Gasteiger partial charge >= 0.3 is 0 Å². The van der Waals surface area contributed by atoms with Gasteiger partial charge in [-0.3, -0.25) is 58.0 Å². The molecule has 0 N–H and O–H groups in total. The summed E-state index contributed by atoms with van der Waals surface area (Å²) in [7, 11) is -4.85. The molecule has 0 aromatic heterocycles. The quantitative estimate of drug-likeness (QED) is 0.0742. The maximum atomic E-state index is 14.4. The van der Waals surface area contributed by atoms with Gasteiger partial charge in [0.25, 0.3) is 47.3 Å². The first-order chi connectivity index (χ1) is 51.9. The molecule has 12 atom stereocenters. The highest BCUT2D eigenvalue weighted by molar-refractivity contribution is 8.02. The number of carbonyl (C=O) groups excluding carboxylic acids is 8. The first-order valence-corrected chi connectivity index (χ1v) is 41.5. The molecule has 12 unspecified atom stereocenters. The van der Waals surface area contributed by atoms with Gasteiger partial charge in [-0.15, -0.1) is 0 Å². The maximum Gasteiger partial charge on any atom is 0.261 e. The highest BCUT2D eigenvalue weighted by Crippen LogP contribution is 2.65. The number of rotatable bonds is 16. The summed E-state index contributed by atoms with van der Waals surface area (Å²) in [6, 6.07) is 89.7. The Kier molecular flexibility index (Phi) is 18.7. The molecule has 0 spiro atoms. The van der Waals surface area contributed by atoms with Crippen molar-refractivity contribution in [2.75, 3.05) is 26.2 Å². The molecule has 16 heteroatoms. The Balaban J connectivity index is 0.000000155. The van der Waals surface area contributed by atoms with Crippen molar-refractivity contribution in [3.8, 4) is 0 Å². The molecule has 10 aliphatic rings. The minimum absolute atomic E-state index is 0. The third-order valence-corrected chi connectivity index (χ3v) is 35.0. The monoisotopic (exact) mass is 1500 g/mol. The highest BCUT2D eigenvalue weighted by atomic mass is 35.5. The van der Waals surface area contributed by atoms with Crippen molar-refractivity contribution < 1.29 is 63.2 Å². The van der Waals surface area contributed by atoms with Gasteiger partial charge < -0.3 is 24.8 Å². The molecule has 6 aliphatic carbocycles. The molecule has 4 bridgehead atoms. The molecule has 6 fully saturated rings. The van der Waals surface area contributed by atoms with E-state index in [1.54, 1.807) is 24.3 Å². The van der Waals surface area contributed by atoms with Crippen LogP contribution in [0.2, 0.25) is 0 Å². The van der Waals surface area contributed by atoms with Crippen LogP contribution in [0.1, 0.15) is 134 Å². The van der Waals surface area contributed by atoms with Crippen LogP contribution in [-0.2, 0) is 0 Å². The van der Waals surface area contributed by atoms with Gasteiger partial charge in [-0.05, 0) is 256 Å². The molecule has 10 aromatic carbocycles. The summed E-state index contributed by atoms with van der Waals surface area (Å²) in [5, 5.41) is 9.28. The Morgan fingerprint density at radius 1 is 0.222 bits per heavy atom. The fourth-order valence-electron chi connectivity index (χ4n) is 22.2. The molecule has 0 radical (unpaired) electrons. The first-order valence-electron chi connectivity index (χ1n) is 37.9. The van der Waals surface area contributed by atoms with Crippen molar-refractivity contribution in [1.82, 2.24) is 19.6 Å². The van der Waals surface area contributed by atoms with E-state index in [0.717, 1.165) is 62.0 Å². The third kappa shape index (κ3) is 11.3. The Morgan fingerprint density at radius 3 is 0.731 bits per heavy atom. The summed E-state index contributed by atoms with van der Waals surface area (Å²) >= 11 is 0. The number of fused-ring (bicyclic) bond motifs is 14. The minimum atomic E-state index is -2.42. The van der Waals surface area contributed by atoms with E-state index >= 15 is 0 Å². The van der Waals surface area contributed by atoms with Gasteiger partial charge in [0.15, 0.2) is 0 Å². The van der Waals surface area contributed by atoms with Gasteiger partial charge in [0.05, 0.1) is 44.5 Å². The number of nitrogens with zero attached hydrogens (tertiary/aromatic N) is 4. The summed E-state index contributed by atoms with van der Waals surface area (Å²) in [6.07, 6.45) is 8.39. The summed E-state index contributed by atoms with van der Waals surface area (Å²) in [5.74, 6) is 3.92. The van der Waals surface area contributed by atoms with Crippen LogP contribution in [0.3, 0.4) is 0 Å². The van der Waals surface area contributed by atoms with Crippen LogP contribution in [0.25, 0.3) is 0 Å². The molecule has 4 aliphatic heterocycles. The lowest BCUT2D eigenvalue weighted by Crippen LogP contribution is -3.00. The lowest BCUT2D eigenvalue weighted by atomic mass is 9.75. The predicted molar refractivity (Wildman–Crippen MR) is 416 cm³/mol. The Hall–Kier alpha value is -9.80. The average molecular weight is 1500 g/mol. The van der Waals surface area contributed by atoms with E-state index in [1.165, 1.54) is 51.4 Å².